The van der Waals surface area contributed by atoms with Gasteiger partial charge in [-0.1, -0.05) is 42.1 Å². The van der Waals surface area contributed by atoms with Crippen molar-refractivity contribution in [3.05, 3.63) is 96.3 Å². The molecule has 1 aromatic heterocycles. The summed E-state index contributed by atoms with van der Waals surface area (Å²) in [6.45, 7) is 1.96. The Hall–Kier alpha value is -4.04. The largest absolute Gasteiger partial charge is 0.497 e. The number of carbonyl (C=O) groups is 2. The van der Waals surface area contributed by atoms with E-state index < -0.39 is 0 Å². The number of aryl methyl sites for hydroxylation is 1. The van der Waals surface area contributed by atoms with Crippen LogP contribution in [0.25, 0.3) is 5.69 Å². The van der Waals surface area contributed by atoms with E-state index in [-0.39, 0.29) is 17.6 Å². The van der Waals surface area contributed by atoms with E-state index in [1.54, 1.807) is 37.6 Å². The lowest BCUT2D eigenvalue weighted by Gasteiger charge is -2.12. The molecule has 0 spiro atoms. The van der Waals surface area contributed by atoms with Crippen molar-refractivity contribution in [1.29, 1.82) is 0 Å². The summed E-state index contributed by atoms with van der Waals surface area (Å²) in [7, 11) is 1.62. The van der Waals surface area contributed by atoms with Gasteiger partial charge >= 0.3 is 0 Å². The second-order valence-electron chi connectivity index (χ2n) is 7.49. The van der Waals surface area contributed by atoms with Crippen LogP contribution in [-0.4, -0.2) is 34.2 Å². The Bertz CT molecular complexity index is 1320. The zero-order chi connectivity index (χ0) is 23.9. The molecule has 1 heterocycles. The van der Waals surface area contributed by atoms with Crippen molar-refractivity contribution < 1.29 is 14.3 Å². The summed E-state index contributed by atoms with van der Waals surface area (Å²) in [4.78, 5) is 29.9. The first-order valence-electron chi connectivity index (χ1n) is 10.6. The van der Waals surface area contributed by atoms with Crippen molar-refractivity contribution in [1.82, 2.24) is 9.55 Å². The molecule has 8 heteroatoms. The van der Waals surface area contributed by atoms with E-state index in [9.17, 15) is 9.59 Å². The van der Waals surface area contributed by atoms with Gasteiger partial charge in [-0.05, 0) is 48.9 Å². The van der Waals surface area contributed by atoms with E-state index in [1.165, 1.54) is 11.8 Å². The molecule has 0 aliphatic heterocycles. The number of nitrogens with one attached hydrogen (secondary N) is 2. The molecule has 7 nitrogen and oxygen atoms in total. The van der Waals surface area contributed by atoms with Gasteiger partial charge in [-0.3, -0.25) is 14.2 Å². The summed E-state index contributed by atoms with van der Waals surface area (Å²) in [5, 5.41) is 6.41. The molecule has 0 radical (unpaired) electrons. The van der Waals surface area contributed by atoms with Gasteiger partial charge in [0.1, 0.15) is 5.75 Å². The highest BCUT2D eigenvalue weighted by molar-refractivity contribution is 7.99. The molecular formula is C26H24N4O3S. The third-order valence-electron chi connectivity index (χ3n) is 4.99. The number of para-hydroxylation sites is 1. The van der Waals surface area contributed by atoms with Crippen molar-refractivity contribution in [3.8, 4) is 11.4 Å². The Kier molecular flexibility index (Phi) is 7.29. The highest BCUT2D eigenvalue weighted by Crippen LogP contribution is 2.24. The van der Waals surface area contributed by atoms with E-state index in [0.717, 1.165) is 17.0 Å². The highest BCUT2D eigenvalue weighted by atomic mass is 32.2. The summed E-state index contributed by atoms with van der Waals surface area (Å²) in [6.07, 6.45) is 3.52. The molecule has 2 amide bonds. The smallest absolute Gasteiger partial charge is 0.257 e. The number of hydrogen-bond acceptors (Lipinski definition) is 5. The Morgan fingerprint density at radius 2 is 1.82 bits per heavy atom. The van der Waals surface area contributed by atoms with Gasteiger partial charge in [-0.15, -0.1) is 0 Å². The van der Waals surface area contributed by atoms with Crippen molar-refractivity contribution in [3.63, 3.8) is 0 Å². The predicted molar refractivity (Wildman–Crippen MR) is 135 cm³/mol. The third-order valence-corrected chi connectivity index (χ3v) is 5.96. The zero-order valence-corrected chi connectivity index (χ0v) is 19.6. The first-order chi connectivity index (χ1) is 16.5. The highest BCUT2D eigenvalue weighted by Gasteiger charge is 2.15. The Balaban J connectivity index is 1.42. The first-order valence-corrected chi connectivity index (χ1v) is 11.6. The number of thioether (sulfide) groups is 1. The summed E-state index contributed by atoms with van der Waals surface area (Å²) < 4.78 is 7.19. The number of ether oxygens (including phenoxy) is 1. The number of carbonyl (C=O) groups excluding carboxylic acids is 2. The number of benzene rings is 3. The molecule has 2 N–H and O–H groups in total. The summed E-state index contributed by atoms with van der Waals surface area (Å²) in [5.74, 6) is 0.346. The maximum Gasteiger partial charge on any atom is 0.257 e. The van der Waals surface area contributed by atoms with Gasteiger partial charge in [0.05, 0.1) is 29.8 Å². The lowest BCUT2D eigenvalue weighted by molar-refractivity contribution is -0.113. The van der Waals surface area contributed by atoms with Crippen LogP contribution in [0.2, 0.25) is 0 Å². The van der Waals surface area contributed by atoms with E-state index in [4.69, 9.17) is 4.74 Å². The van der Waals surface area contributed by atoms with E-state index in [0.29, 0.717) is 22.1 Å². The quantitative estimate of drug-likeness (QED) is 0.346. The Labute approximate surface area is 202 Å². The fraction of sp³-hybridized carbons (Fsp3) is 0.115. The van der Waals surface area contributed by atoms with Crippen LogP contribution in [0.15, 0.2) is 90.3 Å². The Morgan fingerprint density at radius 3 is 2.65 bits per heavy atom. The number of nitrogens with zero attached hydrogens (tertiary/aromatic N) is 2. The van der Waals surface area contributed by atoms with E-state index in [2.05, 4.69) is 15.6 Å². The number of hydrogen-bond donors (Lipinski definition) is 2. The van der Waals surface area contributed by atoms with Crippen molar-refractivity contribution in [2.24, 2.45) is 0 Å². The second kappa shape index (κ2) is 10.7. The first kappa shape index (κ1) is 23.1. The second-order valence-corrected chi connectivity index (χ2v) is 8.43. The Morgan fingerprint density at radius 1 is 1.00 bits per heavy atom. The predicted octanol–water partition coefficient (Wildman–Crippen LogP) is 5.17. The summed E-state index contributed by atoms with van der Waals surface area (Å²) in [6, 6.07) is 22.1. The minimum atomic E-state index is -0.289. The molecule has 34 heavy (non-hydrogen) atoms. The molecule has 0 aliphatic carbocycles. The van der Waals surface area contributed by atoms with Gasteiger partial charge in [-0.25, -0.2) is 4.98 Å². The maximum atomic E-state index is 12.8. The molecule has 0 fully saturated rings. The van der Waals surface area contributed by atoms with Crippen LogP contribution in [0, 0.1) is 6.92 Å². The van der Waals surface area contributed by atoms with Gasteiger partial charge in [0.15, 0.2) is 5.16 Å². The fourth-order valence-corrected chi connectivity index (χ4v) is 4.15. The van der Waals surface area contributed by atoms with Gasteiger partial charge < -0.3 is 15.4 Å². The van der Waals surface area contributed by atoms with Crippen LogP contribution in [-0.2, 0) is 4.79 Å². The number of aromatic nitrogens is 2. The summed E-state index contributed by atoms with van der Waals surface area (Å²) in [5.41, 5.74) is 3.47. The molecule has 172 valence electrons. The molecule has 0 saturated heterocycles. The van der Waals surface area contributed by atoms with Crippen LogP contribution in [0.1, 0.15) is 15.9 Å². The van der Waals surface area contributed by atoms with Crippen LogP contribution in [0.4, 0.5) is 11.4 Å². The number of rotatable bonds is 8. The fourth-order valence-electron chi connectivity index (χ4n) is 3.38. The minimum absolute atomic E-state index is 0.134. The molecule has 0 bridgehead atoms. The van der Waals surface area contributed by atoms with Gasteiger partial charge in [0.2, 0.25) is 5.91 Å². The number of imidazole rings is 1. The topological polar surface area (TPSA) is 85.2 Å². The lowest BCUT2D eigenvalue weighted by Crippen LogP contribution is -2.19. The molecule has 0 atom stereocenters. The van der Waals surface area contributed by atoms with Gasteiger partial charge in [0, 0.05) is 24.1 Å². The number of amides is 2. The monoisotopic (exact) mass is 472 g/mol. The molecule has 3 aromatic carbocycles. The molecular weight excluding hydrogens is 448 g/mol. The number of anilines is 2. The lowest BCUT2D eigenvalue weighted by atomic mass is 10.1. The van der Waals surface area contributed by atoms with Crippen LogP contribution >= 0.6 is 11.8 Å². The molecule has 4 aromatic rings. The SMILES string of the molecule is COc1cccc(-n2ccnc2SCC(=O)Nc2ccccc2C(=O)Nc2cccc(C)c2)c1. The maximum absolute atomic E-state index is 12.8. The van der Waals surface area contributed by atoms with Crippen LogP contribution < -0.4 is 15.4 Å². The normalized spacial score (nSPS) is 10.5. The average molecular weight is 473 g/mol. The molecule has 0 saturated carbocycles. The number of methoxy groups -OCH3 is 1. The van der Waals surface area contributed by atoms with Crippen LogP contribution in [0.5, 0.6) is 5.75 Å². The van der Waals surface area contributed by atoms with Crippen molar-refractivity contribution >= 4 is 35.0 Å². The van der Waals surface area contributed by atoms with E-state index in [1.807, 2.05) is 66.2 Å². The minimum Gasteiger partial charge on any atom is -0.497 e. The van der Waals surface area contributed by atoms with Gasteiger partial charge in [0.25, 0.3) is 5.91 Å². The average Bonchev–Trinajstić information content (AvgIpc) is 3.32. The van der Waals surface area contributed by atoms with Crippen molar-refractivity contribution in [2.75, 3.05) is 23.5 Å². The summed E-state index contributed by atoms with van der Waals surface area (Å²) >= 11 is 1.31. The van der Waals surface area contributed by atoms with Gasteiger partial charge in [-0.2, -0.15) is 0 Å². The van der Waals surface area contributed by atoms with Crippen LogP contribution in [0.3, 0.4) is 0 Å². The van der Waals surface area contributed by atoms with E-state index >= 15 is 0 Å². The third kappa shape index (κ3) is 5.65. The molecule has 0 unspecified atom stereocenters. The molecule has 0 aliphatic rings. The zero-order valence-electron chi connectivity index (χ0n) is 18.8. The van der Waals surface area contributed by atoms with Crippen molar-refractivity contribution in [2.45, 2.75) is 12.1 Å². The standard InChI is InChI=1S/C26H24N4O3S/c1-18-7-5-8-19(15-18)28-25(32)22-11-3-4-12-23(22)29-24(31)17-34-26-27-13-14-30(26)20-9-6-10-21(16-20)33-2/h3-16H,17H2,1-2H3,(H,28,32)(H,29,31). The molecule has 4 rings (SSSR count).